The molecule has 0 unspecified atom stereocenters. The molecular weight excluding hydrogens is 288 g/mol. The van der Waals surface area contributed by atoms with E-state index in [1.165, 1.54) is 12.1 Å². The van der Waals surface area contributed by atoms with E-state index in [1.54, 1.807) is 12.1 Å². The number of nitrogens with zero attached hydrogens (tertiary/aromatic N) is 1. The summed E-state index contributed by atoms with van der Waals surface area (Å²) in [6.07, 6.45) is 0. The third-order valence-electron chi connectivity index (χ3n) is 3.12. The van der Waals surface area contributed by atoms with Crippen LogP contribution in [0.1, 0.15) is 5.56 Å². The maximum absolute atomic E-state index is 11.3. The highest BCUT2D eigenvalue weighted by Gasteiger charge is 2.10. The second-order valence-electron chi connectivity index (χ2n) is 4.67. The van der Waals surface area contributed by atoms with Gasteiger partial charge in [0.2, 0.25) is 10.0 Å². The molecule has 0 atom stereocenters. The predicted octanol–water partition coefficient (Wildman–Crippen LogP) is 1.33. The Hall–Kier alpha value is -1.89. The van der Waals surface area contributed by atoms with Gasteiger partial charge in [0.1, 0.15) is 0 Å². The predicted molar refractivity (Wildman–Crippen MR) is 82.4 cm³/mol. The van der Waals surface area contributed by atoms with Crippen molar-refractivity contribution in [2.24, 2.45) is 5.14 Å². The number of hydrogen-bond acceptors (Lipinski definition) is 4. The van der Waals surface area contributed by atoms with E-state index in [-0.39, 0.29) is 11.5 Å². The smallest absolute Gasteiger partial charge is 0.238 e. The summed E-state index contributed by atoms with van der Waals surface area (Å²) < 4.78 is 22.5. The highest BCUT2D eigenvalue weighted by molar-refractivity contribution is 7.89. The van der Waals surface area contributed by atoms with Gasteiger partial charge in [0.15, 0.2) is 0 Å². The van der Waals surface area contributed by atoms with Crippen LogP contribution in [-0.4, -0.2) is 26.7 Å². The van der Waals surface area contributed by atoms with Crippen molar-refractivity contribution in [2.75, 3.05) is 18.1 Å². The molecule has 3 N–H and O–H groups in total. The molecule has 0 aliphatic carbocycles. The van der Waals surface area contributed by atoms with Crippen LogP contribution in [0.15, 0.2) is 59.5 Å². The van der Waals surface area contributed by atoms with E-state index in [9.17, 15) is 13.5 Å². The summed E-state index contributed by atoms with van der Waals surface area (Å²) in [5.74, 6) is 0. The zero-order valence-electron chi connectivity index (χ0n) is 11.5. The number of aliphatic hydroxyl groups is 1. The first-order valence-electron chi connectivity index (χ1n) is 6.53. The Bertz CT molecular complexity index is 670. The molecule has 0 bridgehead atoms. The number of sulfonamides is 1. The summed E-state index contributed by atoms with van der Waals surface area (Å²) in [5.41, 5.74) is 1.95. The fourth-order valence-electron chi connectivity index (χ4n) is 2.07. The second-order valence-corrected chi connectivity index (χ2v) is 6.23. The van der Waals surface area contributed by atoms with E-state index in [0.717, 1.165) is 11.3 Å². The number of primary sulfonamides is 1. The van der Waals surface area contributed by atoms with Crippen LogP contribution in [0.2, 0.25) is 0 Å². The molecule has 0 fully saturated rings. The van der Waals surface area contributed by atoms with Gasteiger partial charge in [-0.15, -0.1) is 0 Å². The Morgan fingerprint density at radius 2 is 1.62 bits per heavy atom. The van der Waals surface area contributed by atoms with E-state index in [1.807, 2.05) is 35.2 Å². The molecule has 0 aliphatic heterocycles. The molecule has 112 valence electrons. The van der Waals surface area contributed by atoms with Crippen LogP contribution in [0.4, 0.5) is 5.69 Å². The molecule has 0 saturated heterocycles. The number of aliphatic hydroxyl groups excluding tert-OH is 1. The molecule has 21 heavy (non-hydrogen) atoms. The molecular formula is C15H18N2O3S. The molecule has 2 rings (SSSR count). The topological polar surface area (TPSA) is 83.6 Å². The Morgan fingerprint density at radius 1 is 1.00 bits per heavy atom. The standard InChI is InChI=1S/C15H18N2O3S/c16-21(19,20)15-8-6-14(7-9-15)17(10-11-18)12-13-4-2-1-3-5-13/h1-9,18H,10-12H2,(H2,16,19,20). The van der Waals surface area contributed by atoms with Crippen molar-refractivity contribution in [1.29, 1.82) is 0 Å². The lowest BCUT2D eigenvalue weighted by atomic mass is 10.2. The monoisotopic (exact) mass is 306 g/mol. The minimum Gasteiger partial charge on any atom is -0.395 e. The van der Waals surface area contributed by atoms with E-state index in [2.05, 4.69) is 0 Å². The summed E-state index contributed by atoms with van der Waals surface area (Å²) >= 11 is 0. The molecule has 0 aromatic heterocycles. The quantitative estimate of drug-likeness (QED) is 0.843. The SMILES string of the molecule is NS(=O)(=O)c1ccc(N(CCO)Cc2ccccc2)cc1. The lowest BCUT2D eigenvalue weighted by Crippen LogP contribution is -2.26. The summed E-state index contributed by atoms with van der Waals surface area (Å²) in [6.45, 7) is 1.11. The Balaban J connectivity index is 2.22. The maximum atomic E-state index is 11.3. The van der Waals surface area contributed by atoms with Gasteiger partial charge in [-0.05, 0) is 29.8 Å². The van der Waals surface area contributed by atoms with E-state index >= 15 is 0 Å². The zero-order chi connectivity index (χ0) is 15.3. The summed E-state index contributed by atoms with van der Waals surface area (Å²) in [6, 6.07) is 16.2. The van der Waals surface area contributed by atoms with Gasteiger partial charge in [-0.25, -0.2) is 13.6 Å². The second kappa shape index (κ2) is 6.71. The van der Waals surface area contributed by atoms with Gasteiger partial charge in [-0.2, -0.15) is 0 Å². The minimum atomic E-state index is -3.68. The van der Waals surface area contributed by atoms with Gasteiger partial charge in [0.05, 0.1) is 11.5 Å². The first-order chi connectivity index (χ1) is 10.0. The zero-order valence-corrected chi connectivity index (χ0v) is 12.3. The maximum Gasteiger partial charge on any atom is 0.238 e. The Kier molecular flexibility index (Phi) is 4.95. The van der Waals surface area contributed by atoms with Crippen molar-refractivity contribution < 1.29 is 13.5 Å². The van der Waals surface area contributed by atoms with Crippen LogP contribution in [0.25, 0.3) is 0 Å². The first-order valence-corrected chi connectivity index (χ1v) is 8.08. The van der Waals surface area contributed by atoms with Crippen molar-refractivity contribution in [1.82, 2.24) is 0 Å². The Morgan fingerprint density at radius 3 is 2.14 bits per heavy atom. The van der Waals surface area contributed by atoms with Gasteiger partial charge in [-0.3, -0.25) is 0 Å². The van der Waals surface area contributed by atoms with Crippen molar-refractivity contribution in [3.8, 4) is 0 Å². The molecule has 2 aromatic carbocycles. The van der Waals surface area contributed by atoms with E-state index < -0.39 is 10.0 Å². The van der Waals surface area contributed by atoms with Crippen molar-refractivity contribution in [3.05, 3.63) is 60.2 Å². The van der Waals surface area contributed by atoms with Gasteiger partial charge < -0.3 is 10.0 Å². The number of hydrogen-bond donors (Lipinski definition) is 2. The number of benzene rings is 2. The van der Waals surface area contributed by atoms with Crippen molar-refractivity contribution in [2.45, 2.75) is 11.4 Å². The highest BCUT2D eigenvalue weighted by Crippen LogP contribution is 2.19. The van der Waals surface area contributed by atoms with Gasteiger partial charge in [0, 0.05) is 18.8 Å². The van der Waals surface area contributed by atoms with Crippen LogP contribution in [0.3, 0.4) is 0 Å². The summed E-state index contributed by atoms with van der Waals surface area (Å²) in [4.78, 5) is 2.05. The fraction of sp³-hybridized carbons (Fsp3) is 0.200. The molecule has 5 nitrogen and oxygen atoms in total. The molecule has 0 spiro atoms. The fourth-order valence-corrected chi connectivity index (χ4v) is 2.59. The molecule has 0 radical (unpaired) electrons. The third kappa shape index (κ3) is 4.29. The number of nitrogens with two attached hydrogens (primary N) is 1. The lowest BCUT2D eigenvalue weighted by molar-refractivity contribution is 0.301. The largest absolute Gasteiger partial charge is 0.395 e. The van der Waals surface area contributed by atoms with E-state index in [4.69, 9.17) is 5.14 Å². The van der Waals surface area contributed by atoms with Crippen molar-refractivity contribution in [3.63, 3.8) is 0 Å². The third-order valence-corrected chi connectivity index (χ3v) is 4.05. The summed E-state index contributed by atoms with van der Waals surface area (Å²) in [7, 11) is -3.68. The van der Waals surface area contributed by atoms with Gasteiger partial charge >= 0.3 is 0 Å². The average Bonchev–Trinajstić information content (AvgIpc) is 2.47. The molecule has 2 aromatic rings. The molecule has 0 amide bonds. The molecule has 0 heterocycles. The molecule has 0 aliphatic rings. The van der Waals surface area contributed by atoms with Crippen LogP contribution >= 0.6 is 0 Å². The average molecular weight is 306 g/mol. The van der Waals surface area contributed by atoms with Gasteiger partial charge in [-0.1, -0.05) is 30.3 Å². The van der Waals surface area contributed by atoms with Crippen LogP contribution in [0.5, 0.6) is 0 Å². The first kappa shape index (κ1) is 15.5. The lowest BCUT2D eigenvalue weighted by Gasteiger charge is -2.24. The number of rotatable bonds is 6. The van der Waals surface area contributed by atoms with Crippen LogP contribution in [-0.2, 0) is 16.6 Å². The van der Waals surface area contributed by atoms with Gasteiger partial charge in [0.25, 0.3) is 0 Å². The normalized spacial score (nSPS) is 11.3. The molecule has 6 heteroatoms. The number of anilines is 1. The Labute approximate surface area is 124 Å². The van der Waals surface area contributed by atoms with E-state index in [0.29, 0.717) is 13.1 Å². The highest BCUT2D eigenvalue weighted by atomic mass is 32.2. The molecule has 0 saturated carbocycles. The van der Waals surface area contributed by atoms with Crippen LogP contribution < -0.4 is 10.0 Å². The summed E-state index contributed by atoms with van der Waals surface area (Å²) in [5, 5.41) is 14.3. The minimum absolute atomic E-state index is 0.0176. The van der Waals surface area contributed by atoms with Crippen molar-refractivity contribution >= 4 is 15.7 Å². The van der Waals surface area contributed by atoms with Crippen LogP contribution in [0, 0.1) is 0 Å².